The van der Waals surface area contributed by atoms with Gasteiger partial charge < -0.3 is 4.74 Å². The molecule has 0 aromatic heterocycles. The van der Waals surface area contributed by atoms with Crippen LogP contribution < -0.4 is 0 Å². The maximum atomic E-state index is 11.8. The first-order valence-electron chi connectivity index (χ1n) is 6.75. The quantitative estimate of drug-likeness (QED) is 0.460. The number of hydrogen-bond donors (Lipinski definition) is 0. The molecule has 3 heteroatoms. The van der Waals surface area contributed by atoms with Gasteiger partial charge in [0.25, 0.3) is 0 Å². The molecule has 0 amide bonds. The molecule has 0 fully saturated rings. The highest BCUT2D eigenvalue weighted by Crippen LogP contribution is 2.26. The van der Waals surface area contributed by atoms with Crippen molar-refractivity contribution in [2.75, 3.05) is 6.61 Å². The third-order valence-corrected chi connectivity index (χ3v) is 3.04. The van der Waals surface area contributed by atoms with Crippen molar-refractivity contribution < 1.29 is 14.3 Å². The van der Waals surface area contributed by atoms with E-state index in [0.717, 1.165) is 32.1 Å². The summed E-state index contributed by atoms with van der Waals surface area (Å²) in [6.07, 6.45) is 5.01. The molecule has 0 saturated carbocycles. The summed E-state index contributed by atoms with van der Waals surface area (Å²) >= 11 is 0. The molecular formula is C14H26O3. The van der Waals surface area contributed by atoms with Crippen LogP contribution in [0.4, 0.5) is 0 Å². The Balaban J connectivity index is 4.69. The highest BCUT2D eigenvalue weighted by Gasteiger charge is 2.32. The third-order valence-electron chi connectivity index (χ3n) is 3.04. The number of ketones is 1. The fourth-order valence-corrected chi connectivity index (χ4v) is 2.24. The van der Waals surface area contributed by atoms with Gasteiger partial charge in [-0.05, 0) is 32.6 Å². The Hall–Kier alpha value is -0.860. The Morgan fingerprint density at radius 1 is 1.06 bits per heavy atom. The molecule has 0 rings (SSSR count). The summed E-state index contributed by atoms with van der Waals surface area (Å²) in [6, 6.07) is 0. The topological polar surface area (TPSA) is 43.4 Å². The summed E-state index contributed by atoms with van der Waals surface area (Å²) in [4.78, 5) is 23.5. The van der Waals surface area contributed by atoms with Crippen LogP contribution in [0.25, 0.3) is 0 Å². The zero-order valence-electron chi connectivity index (χ0n) is 11.6. The van der Waals surface area contributed by atoms with Crippen LogP contribution in [0.2, 0.25) is 0 Å². The fraction of sp³-hybridized carbons (Fsp3) is 0.857. The van der Waals surface area contributed by atoms with E-state index in [1.165, 1.54) is 6.92 Å². The van der Waals surface area contributed by atoms with Gasteiger partial charge in [0.05, 0.1) is 6.61 Å². The smallest absolute Gasteiger partial charge is 0.316 e. The molecule has 0 saturated heterocycles. The highest BCUT2D eigenvalue weighted by molar-refractivity contribution is 5.98. The summed E-state index contributed by atoms with van der Waals surface area (Å²) < 4.78 is 5.01. The lowest BCUT2D eigenvalue weighted by atomic mass is 9.82. The van der Waals surface area contributed by atoms with Crippen molar-refractivity contribution in [1.82, 2.24) is 0 Å². The van der Waals surface area contributed by atoms with E-state index >= 15 is 0 Å². The molecule has 0 N–H and O–H groups in total. The maximum absolute atomic E-state index is 11.8. The molecule has 17 heavy (non-hydrogen) atoms. The summed E-state index contributed by atoms with van der Waals surface area (Å²) in [7, 11) is 0. The Bertz CT molecular complexity index is 236. The Morgan fingerprint density at radius 2 is 1.71 bits per heavy atom. The van der Waals surface area contributed by atoms with Crippen LogP contribution in [-0.2, 0) is 14.3 Å². The molecular weight excluding hydrogens is 216 g/mol. The maximum Gasteiger partial charge on any atom is 0.316 e. The number of Topliss-reactive ketones (excluding diaryl/α,β-unsaturated/α-hetero) is 1. The third kappa shape index (κ3) is 5.85. The van der Waals surface area contributed by atoms with Gasteiger partial charge in [-0.3, -0.25) is 9.59 Å². The predicted octanol–water partition coefficient (Wildman–Crippen LogP) is 3.36. The molecule has 3 nitrogen and oxygen atoms in total. The van der Waals surface area contributed by atoms with E-state index in [1.54, 1.807) is 6.92 Å². The monoisotopic (exact) mass is 242 g/mol. The van der Waals surface area contributed by atoms with E-state index in [0.29, 0.717) is 6.61 Å². The SMILES string of the molecule is CCCCC(CCC)C(C(C)=O)C(=O)OCC. The minimum absolute atomic E-state index is 0.0574. The normalized spacial score (nSPS) is 14.1. The largest absolute Gasteiger partial charge is 0.465 e. The Kier molecular flexibility index (Phi) is 8.73. The Labute approximate surface area is 105 Å². The van der Waals surface area contributed by atoms with Gasteiger partial charge in [0.1, 0.15) is 11.7 Å². The molecule has 0 aromatic carbocycles. The van der Waals surface area contributed by atoms with Gasteiger partial charge >= 0.3 is 5.97 Å². The van der Waals surface area contributed by atoms with Crippen LogP contribution in [0.15, 0.2) is 0 Å². The molecule has 0 heterocycles. The number of carbonyl (C=O) groups is 2. The van der Waals surface area contributed by atoms with Crippen molar-refractivity contribution in [3.05, 3.63) is 0 Å². The second kappa shape index (κ2) is 9.20. The minimum Gasteiger partial charge on any atom is -0.465 e. The number of esters is 1. The molecule has 0 aliphatic heterocycles. The van der Waals surface area contributed by atoms with Gasteiger partial charge in [-0.25, -0.2) is 0 Å². The lowest BCUT2D eigenvalue weighted by Gasteiger charge is -2.23. The molecule has 0 bridgehead atoms. The molecule has 0 aliphatic carbocycles. The molecule has 2 unspecified atom stereocenters. The summed E-state index contributed by atoms with van der Waals surface area (Å²) in [6.45, 7) is 7.82. The average Bonchev–Trinajstić information content (AvgIpc) is 2.26. The van der Waals surface area contributed by atoms with E-state index in [2.05, 4.69) is 13.8 Å². The molecule has 2 atom stereocenters. The van der Waals surface area contributed by atoms with Crippen molar-refractivity contribution in [2.24, 2.45) is 11.8 Å². The van der Waals surface area contributed by atoms with E-state index in [1.807, 2.05) is 0 Å². The standard InChI is InChI=1S/C14H26O3/c1-5-8-10-12(9-6-2)13(11(4)15)14(16)17-7-3/h12-13H,5-10H2,1-4H3. The van der Waals surface area contributed by atoms with Crippen molar-refractivity contribution in [1.29, 1.82) is 0 Å². The van der Waals surface area contributed by atoms with Gasteiger partial charge in [-0.2, -0.15) is 0 Å². The van der Waals surface area contributed by atoms with E-state index in [-0.39, 0.29) is 17.7 Å². The lowest BCUT2D eigenvalue weighted by Crippen LogP contribution is -2.31. The first kappa shape index (κ1) is 16.1. The van der Waals surface area contributed by atoms with E-state index in [4.69, 9.17) is 4.74 Å². The lowest BCUT2D eigenvalue weighted by molar-refractivity contribution is -0.153. The number of ether oxygens (including phenoxy) is 1. The first-order chi connectivity index (χ1) is 8.08. The average molecular weight is 242 g/mol. The second-order valence-corrected chi connectivity index (χ2v) is 4.53. The van der Waals surface area contributed by atoms with Crippen molar-refractivity contribution in [3.63, 3.8) is 0 Å². The van der Waals surface area contributed by atoms with Gasteiger partial charge in [0.2, 0.25) is 0 Å². The van der Waals surface area contributed by atoms with E-state index < -0.39 is 5.92 Å². The molecule has 0 spiro atoms. The summed E-state index contributed by atoms with van der Waals surface area (Å²) in [5.74, 6) is -0.800. The second-order valence-electron chi connectivity index (χ2n) is 4.53. The van der Waals surface area contributed by atoms with Crippen LogP contribution in [0.5, 0.6) is 0 Å². The minimum atomic E-state index is -0.554. The number of hydrogen-bond acceptors (Lipinski definition) is 3. The summed E-state index contributed by atoms with van der Waals surface area (Å²) in [5, 5.41) is 0. The van der Waals surface area contributed by atoms with Crippen LogP contribution in [0, 0.1) is 11.8 Å². The Morgan fingerprint density at radius 3 is 2.12 bits per heavy atom. The predicted molar refractivity (Wildman–Crippen MR) is 68.7 cm³/mol. The number of carbonyl (C=O) groups excluding carboxylic acids is 2. The molecule has 0 aromatic rings. The van der Waals surface area contributed by atoms with Gasteiger partial charge in [0, 0.05) is 0 Å². The van der Waals surface area contributed by atoms with Crippen molar-refractivity contribution >= 4 is 11.8 Å². The molecule has 0 aliphatic rings. The van der Waals surface area contributed by atoms with Crippen LogP contribution in [0.3, 0.4) is 0 Å². The van der Waals surface area contributed by atoms with Crippen molar-refractivity contribution in [2.45, 2.75) is 59.8 Å². The highest BCUT2D eigenvalue weighted by atomic mass is 16.5. The number of unbranched alkanes of at least 4 members (excludes halogenated alkanes) is 1. The molecule has 100 valence electrons. The summed E-state index contributed by atoms with van der Waals surface area (Å²) in [5.41, 5.74) is 0. The van der Waals surface area contributed by atoms with Gasteiger partial charge in [0.15, 0.2) is 0 Å². The zero-order chi connectivity index (χ0) is 13.3. The first-order valence-corrected chi connectivity index (χ1v) is 6.75. The molecule has 0 radical (unpaired) electrons. The van der Waals surface area contributed by atoms with Crippen LogP contribution in [-0.4, -0.2) is 18.4 Å². The van der Waals surface area contributed by atoms with Crippen LogP contribution in [0.1, 0.15) is 59.8 Å². The van der Waals surface area contributed by atoms with Crippen LogP contribution >= 0.6 is 0 Å². The van der Waals surface area contributed by atoms with E-state index in [9.17, 15) is 9.59 Å². The van der Waals surface area contributed by atoms with Gasteiger partial charge in [-0.1, -0.05) is 33.1 Å². The zero-order valence-corrected chi connectivity index (χ0v) is 11.6. The fourth-order valence-electron chi connectivity index (χ4n) is 2.24. The van der Waals surface area contributed by atoms with Crippen molar-refractivity contribution in [3.8, 4) is 0 Å². The van der Waals surface area contributed by atoms with Gasteiger partial charge in [-0.15, -0.1) is 0 Å². The number of rotatable bonds is 9.